The maximum Gasteiger partial charge on any atom is 0.254 e. The molecule has 1 heterocycles. The summed E-state index contributed by atoms with van der Waals surface area (Å²) in [5.41, 5.74) is 0.274. The van der Waals surface area contributed by atoms with Crippen molar-refractivity contribution in [1.82, 2.24) is 4.90 Å². The van der Waals surface area contributed by atoms with Gasteiger partial charge in [-0.25, -0.2) is 4.39 Å². The lowest BCUT2D eigenvalue weighted by Crippen LogP contribution is -2.50. The van der Waals surface area contributed by atoms with Crippen LogP contribution in [0.1, 0.15) is 10.4 Å². The number of carbonyl (C=O) groups excluding carboxylic acids is 1. The first-order valence-corrected chi connectivity index (χ1v) is 6.37. The van der Waals surface area contributed by atoms with Crippen LogP contribution in [0.4, 0.5) is 4.39 Å². The molecule has 1 unspecified atom stereocenters. The lowest BCUT2D eigenvalue weighted by Gasteiger charge is -2.34. The van der Waals surface area contributed by atoms with Crippen LogP contribution in [0.25, 0.3) is 0 Å². The monoisotopic (exact) mass is 317 g/mol. The number of carbonyl (C=O) groups is 1. The van der Waals surface area contributed by atoms with Crippen molar-refractivity contribution in [3.05, 3.63) is 34.1 Å². The summed E-state index contributed by atoms with van der Waals surface area (Å²) < 4.78 is 18.9. The molecule has 18 heavy (non-hydrogen) atoms. The van der Waals surface area contributed by atoms with Crippen LogP contribution in [-0.2, 0) is 4.74 Å². The molecular formula is C12H13BrFNO3. The van der Waals surface area contributed by atoms with E-state index in [9.17, 15) is 14.3 Å². The van der Waals surface area contributed by atoms with Crippen molar-refractivity contribution in [2.75, 3.05) is 26.4 Å². The third-order valence-corrected chi connectivity index (χ3v) is 3.51. The van der Waals surface area contributed by atoms with Crippen molar-refractivity contribution in [2.24, 2.45) is 0 Å². The van der Waals surface area contributed by atoms with Crippen molar-refractivity contribution in [1.29, 1.82) is 0 Å². The number of benzene rings is 1. The van der Waals surface area contributed by atoms with Crippen molar-refractivity contribution in [2.45, 2.75) is 6.04 Å². The summed E-state index contributed by atoms with van der Waals surface area (Å²) in [5.74, 6) is -0.765. The number of hydrogen-bond acceptors (Lipinski definition) is 3. The van der Waals surface area contributed by atoms with E-state index in [1.165, 1.54) is 17.0 Å². The molecule has 1 atom stereocenters. The van der Waals surface area contributed by atoms with Gasteiger partial charge in [-0.15, -0.1) is 0 Å². The van der Waals surface area contributed by atoms with Crippen LogP contribution in [0.3, 0.4) is 0 Å². The molecule has 1 fully saturated rings. The number of aliphatic hydroxyl groups excluding tert-OH is 1. The zero-order valence-electron chi connectivity index (χ0n) is 9.60. The second kappa shape index (κ2) is 5.77. The Balaban J connectivity index is 2.21. The zero-order chi connectivity index (χ0) is 13.1. The number of rotatable bonds is 2. The second-order valence-electron chi connectivity index (χ2n) is 4.04. The third kappa shape index (κ3) is 2.71. The van der Waals surface area contributed by atoms with Crippen LogP contribution in [0, 0.1) is 5.82 Å². The summed E-state index contributed by atoms with van der Waals surface area (Å²) in [6.07, 6.45) is 0. The summed E-state index contributed by atoms with van der Waals surface area (Å²) in [4.78, 5) is 13.7. The predicted octanol–water partition coefficient (Wildman–Crippen LogP) is 1.42. The van der Waals surface area contributed by atoms with Crippen LogP contribution >= 0.6 is 15.9 Å². The summed E-state index contributed by atoms with van der Waals surface area (Å²) >= 11 is 3.04. The first kappa shape index (κ1) is 13.5. The minimum atomic E-state index is -0.477. The number of aliphatic hydroxyl groups is 1. The van der Waals surface area contributed by atoms with Crippen LogP contribution in [0.15, 0.2) is 22.7 Å². The highest BCUT2D eigenvalue weighted by Gasteiger charge is 2.27. The van der Waals surface area contributed by atoms with Gasteiger partial charge in [-0.1, -0.05) is 0 Å². The van der Waals surface area contributed by atoms with Crippen LogP contribution < -0.4 is 0 Å². The lowest BCUT2D eigenvalue weighted by atomic mass is 10.1. The fourth-order valence-corrected chi connectivity index (χ4v) is 2.12. The van der Waals surface area contributed by atoms with Crippen LogP contribution in [-0.4, -0.2) is 48.3 Å². The summed E-state index contributed by atoms with van der Waals surface area (Å²) in [6, 6.07) is 3.88. The summed E-state index contributed by atoms with van der Waals surface area (Å²) in [6.45, 7) is 0.981. The van der Waals surface area contributed by atoms with E-state index >= 15 is 0 Å². The maximum absolute atomic E-state index is 13.4. The van der Waals surface area contributed by atoms with E-state index in [0.29, 0.717) is 24.2 Å². The van der Waals surface area contributed by atoms with Gasteiger partial charge >= 0.3 is 0 Å². The SMILES string of the molecule is O=C(c1ccc(Br)c(F)c1)N1CCOCC1CO. The molecule has 0 saturated carbocycles. The van der Waals surface area contributed by atoms with E-state index in [-0.39, 0.29) is 24.1 Å². The Morgan fingerprint density at radius 1 is 1.61 bits per heavy atom. The van der Waals surface area contributed by atoms with Gasteiger partial charge in [-0.3, -0.25) is 4.79 Å². The highest BCUT2D eigenvalue weighted by Crippen LogP contribution is 2.19. The number of nitrogens with zero attached hydrogens (tertiary/aromatic N) is 1. The van der Waals surface area contributed by atoms with Crippen LogP contribution in [0.2, 0.25) is 0 Å². The smallest absolute Gasteiger partial charge is 0.254 e. The Bertz CT molecular complexity index is 455. The molecule has 0 aliphatic carbocycles. The largest absolute Gasteiger partial charge is 0.394 e. The Kier molecular flexibility index (Phi) is 4.31. The Morgan fingerprint density at radius 3 is 3.06 bits per heavy atom. The fraction of sp³-hybridized carbons (Fsp3) is 0.417. The van der Waals surface area contributed by atoms with Crippen molar-refractivity contribution >= 4 is 21.8 Å². The second-order valence-corrected chi connectivity index (χ2v) is 4.89. The molecule has 2 rings (SSSR count). The van der Waals surface area contributed by atoms with E-state index < -0.39 is 5.82 Å². The molecule has 98 valence electrons. The van der Waals surface area contributed by atoms with Gasteiger partial charge in [-0.05, 0) is 34.1 Å². The molecule has 0 spiro atoms. The van der Waals surface area contributed by atoms with E-state index in [2.05, 4.69) is 15.9 Å². The van der Waals surface area contributed by atoms with E-state index in [4.69, 9.17) is 4.74 Å². The number of hydrogen-bond donors (Lipinski definition) is 1. The van der Waals surface area contributed by atoms with Crippen molar-refractivity contribution in [3.8, 4) is 0 Å². The van der Waals surface area contributed by atoms with Gasteiger partial charge in [-0.2, -0.15) is 0 Å². The lowest BCUT2D eigenvalue weighted by molar-refractivity contribution is -0.0184. The van der Waals surface area contributed by atoms with Gasteiger partial charge in [0.15, 0.2) is 0 Å². The highest BCUT2D eigenvalue weighted by atomic mass is 79.9. The van der Waals surface area contributed by atoms with Gasteiger partial charge in [0.25, 0.3) is 5.91 Å². The van der Waals surface area contributed by atoms with Gasteiger partial charge in [0, 0.05) is 12.1 Å². The Hall–Kier alpha value is -0.980. The summed E-state index contributed by atoms with van der Waals surface area (Å²) in [5, 5.41) is 9.20. The molecule has 1 N–H and O–H groups in total. The van der Waals surface area contributed by atoms with Crippen LogP contribution in [0.5, 0.6) is 0 Å². The van der Waals surface area contributed by atoms with Gasteiger partial charge in [0.2, 0.25) is 0 Å². The molecule has 1 aliphatic rings. The van der Waals surface area contributed by atoms with Gasteiger partial charge in [0.05, 0.1) is 30.3 Å². The quantitative estimate of drug-likeness (QED) is 0.897. The van der Waals surface area contributed by atoms with E-state index in [1.807, 2.05) is 0 Å². The normalized spacial score (nSPS) is 19.9. The van der Waals surface area contributed by atoms with E-state index in [0.717, 1.165) is 0 Å². The standard InChI is InChI=1S/C12H13BrFNO3/c13-10-2-1-8(5-11(10)14)12(17)15-3-4-18-7-9(15)6-16/h1-2,5,9,16H,3-4,6-7H2. The molecule has 1 aromatic rings. The molecule has 1 saturated heterocycles. The zero-order valence-corrected chi connectivity index (χ0v) is 11.2. The van der Waals surface area contributed by atoms with E-state index in [1.54, 1.807) is 6.07 Å². The minimum absolute atomic E-state index is 0.162. The third-order valence-electron chi connectivity index (χ3n) is 2.87. The fourth-order valence-electron chi connectivity index (χ4n) is 1.87. The number of amides is 1. The molecule has 0 radical (unpaired) electrons. The Morgan fingerprint density at radius 2 is 2.39 bits per heavy atom. The van der Waals surface area contributed by atoms with Gasteiger partial charge < -0.3 is 14.7 Å². The molecule has 0 bridgehead atoms. The number of morpholine rings is 1. The highest BCUT2D eigenvalue weighted by molar-refractivity contribution is 9.10. The first-order chi connectivity index (χ1) is 8.63. The van der Waals surface area contributed by atoms with Crippen molar-refractivity contribution in [3.63, 3.8) is 0 Å². The molecule has 6 heteroatoms. The van der Waals surface area contributed by atoms with Gasteiger partial charge in [0.1, 0.15) is 5.82 Å². The molecule has 0 aromatic heterocycles. The average Bonchev–Trinajstić information content (AvgIpc) is 2.41. The minimum Gasteiger partial charge on any atom is -0.394 e. The first-order valence-electron chi connectivity index (χ1n) is 5.58. The molecule has 1 amide bonds. The molecule has 4 nitrogen and oxygen atoms in total. The Labute approximate surface area is 112 Å². The topological polar surface area (TPSA) is 49.8 Å². The van der Waals surface area contributed by atoms with Crippen molar-refractivity contribution < 1.29 is 19.0 Å². The number of ether oxygens (including phenoxy) is 1. The molecule has 1 aromatic carbocycles. The molecule has 1 aliphatic heterocycles. The summed E-state index contributed by atoms with van der Waals surface area (Å²) in [7, 11) is 0. The number of halogens is 2. The predicted molar refractivity (Wildman–Crippen MR) is 66.8 cm³/mol. The molecular weight excluding hydrogens is 305 g/mol. The maximum atomic E-state index is 13.4. The average molecular weight is 318 g/mol.